The van der Waals surface area contributed by atoms with Gasteiger partial charge in [-0.1, -0.05) is 34.6 Å². The summed E-state index contributed by atoms with van der Waals surface area (Å²) in [6, 6.07) is 0. The molecule has 0 fully saturated rings. The Hall–Kier alpha value is 0. The molecule has 0 aliphatic carbocycles. The van der Waals surface area contributed by atoms with Gasteiger partial charge in [0.1, 0.15) is 0 Å². The standard InChI is InChI=1S/C9H19/c1-6-9(7(2)3)8(4)5/h6-9H,1-5H3. The van der Waals surface area contributed by atoms with E-state index in [1.165, 1.54) is 0 Å². The summed E-state index contributed by atoms with van der Waals surface area (Å²) < 4.78 is 0. The summed E-state index contributed by atoms with van der Waals surface area (Å²) in [4.78, 5) is 0. The summed E-state index contributed by atoms with van der Waals surface area (Å²) in [6.07, 6.45) is 2.31. The molecule has 55 valence electrons. The normalized spacial score (nSPS) is 12.0. The lowest BCUT2D eigenvalue weighted by Crippen LogP contribution is -2.14. The van der Waals surface area contributed by atoms with Crippen LogP contribution in [0.1, 0.15) is 34.6 Å². The molecule has 0 bridgehead atoms. The van der Waals surface area contributed by atoms with Crippen molar-refractivity contribution in [2.24, 2.45) is 17.8 Å². The molecule has 0 N–H and O–H groups in total. The highest BCUT2D eigenvalue weighted by molar-refractivity contribution is 4.76. The van der Waals surface area contributed by atoms with Crippen molar-refractivity contribution in [3.8, 4) is 0 Å². The smallest absolute Gasteiger partial charge is 0.0339 e. The van der Waals surface area contributed by atoms with Gasteiger partial charge in [0.2, 0.25) is 0 Å². The van der Waals surface area contributed by atoms with Crippen molar-refractivity contribution in [2.75, 3.05) is 0 Å². The lowest BCUT2D eigenvalue weighted by Gasteiger charge is -2.22. The molecule has 0 aliphatic heterocycles. The monoisotopic (exact) mass is 127 g/mol. The van der Waals surface area contributed by atoms with E-state index in [-0.39, 0.29) is 0 Å². The van der Waals surface area contributed by atoms with E-state index >= 15 is 0 Å². The lowest BCUT2D eigenvalue weighted by atomic mass is 9.84. The predicted molar refractivity (Wildman–Crippen MR) is 43.1 cm³/mol. The second kappa shape index (κ2) is 3.92. The first kappa shape index (κ1) is 9.00. The first-order chi connectivity index (χ1) is 4.09. The minimum Gasteiger partial charge on any atom is -0.0625 e. The average molecular weight is 127 g/mol. The second-order valence-corrected chi connectivity index (χ2v) is 3.40. The molecule has 0 amide bonds. The molecule has 0 aromatic rings. The van der Waals surface area contributed by atoms with Crippen molar-refractivity contribution in [3.63, 3.8) is 0 Å². The van der Waals surface area contributed by atoms with E-state index in [1.54, 1.807) is 0 Å². The molecule has 1 radical (unpaired) electrons. The van der Waals surface area contributed by atoms with Crippen LogP contribution in [0.4, 0.5) is 0 Å². The van der Waals surface area contributed by atoms with Crippen LogP contribution in [0.25, 0.3) is 0 Å². The van der Waals surface area contributed by atoms with E-state index < -0.39 is 0 Å². The van der Waals surface area contributed by atoms with Crippen LogP contribution < -0.4 is 0 Å². The maximum atomic E-state index is 2.31. The van der Waals surface area contributed by atoms with Gasteiger partial charge >= 0.3 is 0 Å². The van der Waals surface area contributed by atoms with E-state index in [4.69, 9.17) is 0 Å². The molecular formula is C9H19. The van der Waals surface area contributed by atoms with E-state index in [2.05, 4.69) is 41.0 Å². The summed E-state index contributed by atoms with van der Waals surface area (Å²) in [7, 11) is 0. The van der Waals surface area contributed by atoms with Crippen molar-refractivity contribution in [3.05, 3.63) is 6.42 Å². The zero-order valence-corrected chi connectivity index (χ0v) is 7.31. The zero-order valence-electron chi connectivity index (χ0n) is 7.31. The average Bonchev–Trinajstić information content (AvgIpc) is 1.64. The number of rotatable bonds is 3. The van der Waals surface area contributed by atoms with Gasteiger partial charge in [0, 0.05) is 0 Å². The summed E-state index contributed by atoms with van der Waals surface area (Å²) in [5.41, 5.74) is 0. The molecule has 0 rings (SSSR count). The molecule has 0 atom stereocenters. The minimum absolute atomic E-state index is 0.796. The van der Waals surface area contributed by atoms with E-state index in [1.807, 2.05) is 0 Å². The Kier molecular flexibility index (Phi) is 3.92. The molecule has 0 aromatic heterocycles. The third-order valence-corrected chi connectivity index (χ3v) is 1.92. The quantitative estimate of drug-likeness (QED) is 0.546. The van der Waals surface area contributed by atoms with Crippen LogP contribution in [0.3, 0.4) is 0 Å². The van der Waals surface area contributed by atoms with Gasteiger partial charge in [-0.2, -0.15) is 0 Å². The lowest BCUT2D eigenvalue weighted by molar-refractivity contribution is 0.333. The van der Waals surface area contributed by atoms with Crippen LogP contribution in [0.5, 0.6) is 0 Å². The fourth-order valence-electron chi connectivity index (χ4n) is 1.54. The van der Waals surface area contributed by atoms with Gasteiger partial charge in [0.05, 0.1) is 0 Å². The summed E-state index contributed by atoms with van der Waals surface area (Å²) in [6.45, 7) is 11.3. The van der Waals surface area contributed by atoms with Crippen LogP contribution >= 0.6 is 0 Å². The third-order valence-electron chi connectivity index (χ3n) is 1.92. The molecule has 0 aromatic carbocycles. The van der Waals surface area contributed by atoms with Crippen LogP contribution in [0.15, 0.2) is 0 Å². The minimum atomic E-state index is 0.796. The van der Waals surface area contributed by atoms with Crippen LogP contribution in [-0.2, 0) is 0 Å². The predicted octanol–water partition coefficient (Wildman–Crippen LogP) is 3.14. The molecule has 0 saturated carbocycles. The molecule has 0 heteroatoms. The number of hydrogen-bond acceptors (Lipinski definition) is 0. The second-order valence-electron chi connectivity index (χ2n) is 3.40. The Bertz CT molecular complexity index is 54.4. The third kappa shape index (κ3) is 2.88. The molecule has 0 saturated heterocycles. The van der Waals surface area contributed by atoms with Gasteiger partial charge in [-0.3, -0.25) is 0 Å². The van der Waals surface area contributed by atoms with Crippen molar-refractivity contribution in [1.82, 2.24) is 0 Å². The maximum Gasteiger partial charge on any atom is -0.0339 e. The molecular weight excluding hydrogens is 108 g/mol. The summed E-state index contributed by atoms with van der Waals surface area (Å²) in [5, 5.41) is 0. The van der Waals surface area contributed by atoms with Crippen molar-refractivity contribution in [1.29, 1.82) is 0 Å². The Balaban J connectivity index is 3.68. The first-order valence-electron chi connectivity index (χ1n) is 3.89. The Morgan fingerprint density at radius 3 is 1.22 bits per heavy atom. The molecule has 0 aliphatic rings. The van der Waals surface area contributed by atoms with Gasteiger partial charge in [0.25, 0.3) is 0 Å². The Morgan fingerprint density at radius 1 is 0.889 bits per heavy atom. The van der Waals surface area contributed by atoms with Crippen molar-refractivity contribution >= 4 is 0 Å². The van der Waals surface area contributed by atoms with Crippen molar-refractivity contribution < 1.29 is 0 Å². The highest BCUT2D eigenvalue weighted by Gasteiger charge is 2.14. The van der Waals surface area contributed by atoms with Gasteiger partial charge in [-0.25, -0.2) is 0 Å². The van der Waals surface area contributed by atoms with Crippen LogP contribution in [0.2, 0.25) is 0 Å². The molecule has 0 nitrogen and oxygen atoms in total. The zero-order chi connectivity index (χ0) is 7.44. The fourth-order valence-corrected chi connectivity index (χ4v) is 1.54. The highest BCUT2D eigenvalue weighted by Crippen LogP contribution is 2.22. The molecule has 9 heavy (non-hydrogen) atoms. The number of hydrogen-bond donors (Lipinski definition) is 0. The van der Waals surface area contributed by atoms with Gasteiger partial charge in [0.15, 0.2) is 0 Å². The highest BCUT2D eigenvalue weighted by atomic mass is 14.2. The summed E-state index contributed by atoms with van der Waals surface area (Å²) >= 11 is 0. The van der Waals surface area contributed by atoms with E-state index in [0.29, 0.717) is 0 Å². The van der Waals surface area contributed by atoms with Gasteiger partial charge in [-0.05, 0) is 24.2 Å². The molecule has 0 unspecified atom stereocenters. The Labute approximate surface area is 59.7 Å². The molecule has 0 heterocycles. The molecule has 0 spiro atoms. The van der Waals surface area contributed by atoms with Gasteiger partial charge < -0.3 is 0 Å². The Morgan fingerprint density at radius 2 is 1.22 bits per heavy atom. The first-order valence-corrected chi connectivity index (χ1v) is 3.89. The van der Waals surface area contributed by atoms with Crippen molar-refractivity contribution in [2.45, 2.75) is 34.6 Å². The van der Waals surface area contributed by atoms with Crippen LogP contribution in [-0.4, -0.2) is 0 Å². The largest absolute Gasteiger partial charge is 0.0625 e. The van der Waals surface area contributed by atoms with E-state index in [0.717, 1.165) is 17.8 Å². The topological polar surface area (TPSA) is 0 Å². The van der Waals surface area contributed by atoms with Gasteiger partial charge in [-0.15, -0.1) is 0 Å². The summed E-state index contributed by atoms with van der Waals surface area (Å²) in [5.74, 6) is 2.40. The van der Waals surface area contributed by atoms with E-state index in [9.17, 15) is 0 Å². The maximum absolute atomic E-state index is 2.31. The SMILES string of the molecule is C[CH]C(C(C)C)C(C)C. The fraction of sp³-hybridized carbons (Fsp3) is 0.889. The van der Waals surface area contributed by atoms with Crippen LogP contribution in [0, 0.1) is 24.2 Å².